The second kappa shape index (κ2) is 10.1. The van der Waals surface area contributed by atoms with Gasteiger partial charge in [-0.05, 0) is 16.7 Å². The van der Waals surface area contributed by atoms with E-state index in [1.165, 1.54) is 0 Å². The van der Waals surface area contributed by atoms with Crippen molar-refractivity contribution < 1.29 is 19.4 Å². The average molecular weight is 342 g/mol. The van der Waals surface area contributed by atoms with Gasteiger partial charge >= 0.3 is 12.0 Å². The molecule has 0 aromatic heterocycles. The predicted octanol–water partition coefficient (Wildman–Crippen LogP) is 2.68. The van der Waals surface area contributed by atoms with Crippen LogP contribution in [-0.4, -0.2) is 23.7 Å². The molecule has 2 amide bonds. The van der Waals surface area contributed by atoms with Gasteiger partial charge in [0.05, 0.1) is 19.6 Å². The number of carboxylic acids is 1. The van der Waals surface area contributed by atoms with Crippen molar-refractivity contribution in [1.82, 2.24) is 10.6 Å². The molecule has 3 N–H and O–H groups in total. The Hall–Kier alpha value is -2.86. The number of rotatable bonds is 9. The second-order valence-electron chi connectivity index (χ2n) is 5.55. The largest absolute Gasteiger partial charge is 0.481 e. The molecule has 0 aliphatic carbocycles. The van der Waals surface area contributed by atoms with E-state index in [4.69, 9.17) is 9.84 Å². The molecular formula is C19H22N2O4. The third-order valence-electron chi connectivity index (χ3n) is 3.48. The van der Waals surface area contributed by atoms with E-state index in [1.54, 1.807) is 0 Å². The molecule has 25 heavy (non-hydrogen) atoms. The summed E-state index contributed by atoms with van der Waals surface area (Å²) < 4.78 is 5.68. The molecular weight excluding hydrogens is 320 g/mol. The lowest BCUT2D eigenvalue weighted by atomic mass is 10.1. The Kier molecular flexibility index (Phi) is 7.46. The number of ether oxygens (including phenoxy) is 1. The Morgan fingerprint density at radius 2 is 1.44 bits per heavy atom. The molecule has 0 fully saturated rings. The number of carbonyl (C=O) groups is 2. The maximum Gasteiger partial charge on any atom is 0.315 e. The fraction of sp³-hybridized carbons (Fsp3) is 0.263. The minimum atomic E-state index is -0.939. The molecule has 0 saturated heterocycles. The molecule has 132 valence electrons. The van der Waals surface area contributed by atoms with Gasteiger partial charge in [-0.3, -0.25) is 4.79 Å². The zero-order chi connectivity index (χ0) is 17.9. The highest BCUT2D eigenvalue weighted by Crippen LogP contribution is 2.08. The number of benzene rings is 2. The van der Waals surface area contributed by atoms with Crippen molar-refractivity contribution in [3.05, 3.63) is 71.3 Å². The number of hydrogen-bond acceptors (Lipinski definition) is 3. The maximum absolute atomic E-state index is 11.5. The van der Waals surface area contributed by atoms with Crippen LogP contribution in [0.25, 0.3) is 0 Å². The lowest BCUT2D eigenvalue weighted by Gasteiger charge is -2.08. The van der Waals surface area contributed by atoms with Crippen molar-refractivity contribution in [1.29, 1.82) is 0 Å². The first-order chi connectivity index (χ1) is 12.1. The number of nitrogens with one attached hydrogen (secondary N) is 2. The van der Waals surface area contributed by atoms with Gasteiger partial charge in [0.25, 0.3) is 0 Å². The van der Waals surface area contributed by atoms with E-state index in [0.717, 1.165) is 16.7 Å². The van der Waals surface area contributed by atoms with Crippen LogP contribution in [-0.2, 0) is 29.3 Å². The normalized spacial score (nSPS) is 10.2. The van der Waals surface area contributed by atoms with Crippen LogP contribution >= 0.6 is 0 Å². The monoisotopic (exact) mass is 342 g/mol. The van der Waals surface area contributed by atoms with Crippen molar-refractivity contribution in [3.8, 4) is 0 Å². The van der Waals surface area contributed by atoms with Gasteiger partial charge in [0.2, 0.25) is 0 Å². The Labute approximate surface area is 146 Å². The number of carboxylic acid groups (broad SMARTS) is 1. The highest BCUT2D eigenvalue weighted by molar-refractivity contribution is 5.74. The average Bonchev–Trinajstić information content (AvgIpc) is 2.62. The smallest absolute Gasteiger partial charge is 0.315 e. The van der Waals surface area contributed by atoms with Gasteiger partial charge in [0.1, 0.15) is 0 Å². The van der Waals surface area contributed by atoms with Gasteiger partial charge in [-0.15, -0.1) is 0 Å². The van der Waals surface area contributed by atoms with Crippen molar-refractivity contribution in [2.24, 2.45) is 0 Å². The summed E-state index contributed by atoms with van der Waals surface area (Å²) in [4.78, 5) is 21.9. The lowest BCUT2D eigenvalue weighted by Crippen LogP contribution is -2.36. The van der Waals surface area contributed by atoms with E-state index in [1.807, 2.05) is 54.6 Å². The van der Waals surface area contributed by atoms with Crippen molar-refractivity contribution in [2.75, 3.05) is 6.54 Å². The summed E-state index contributed by atoms with van der Waals surface area (Å²) in [6, 6.07) is 17.4. The van der Waals surface area contributed by atoms with Gasteiger partial charge in [0, 0.05) is 13.1 Å². The summed E-state index contributed by atoms with van der Waals surface area (Å²) >= 11 is 0. The van der Waals surface area contributed by atoms with Crippen LogP contribution in [0.15, 0.2) is 54.6 Å². The Balaban J connectivity index is 1.67. The van der Waals surface area contributed by atoms with Crippen molar-refractivity contribution in [2.45, 2.75) is 26.2 Å². The Morgan fingerprint density at radius 1 is 0.840 bits per heavy atom. The van der Waals surface area contributed by atoms with Gasteiger partial charge in [-0.25, -0.2) is 4.79 Å². The molecule has 0 bridgehead atoms. The minimum absolute atomic E-state index is 0.0922. The van der Waals surface area contributed by atoms with Crippen molar-refractivity contribution in [3.63, 3.8) is 0 Å². The van der Waals surface area contributed by atoms with E-state index in [0.29, 0.717) is 19.8 Å². The van der Waals surface area contributed by atoms with Gasteiger partial charge < -0.3 is 20.5 Å². The highest BCUT2D eigenvalue weighted by atomic mass is 16.5. The molecule has 0 aliphatic heterocycles. The molecule has 6 heteroatoms. The molecule has 0 saturated carbocycles. The van der Waals surface area contributed by atoms with Crippen LogP contribution in [0, 0.1) is 0 Å². The van der Waals surface area contributed by atoms with E-state index in [9.17, 15) is 9.59 Å². The van der Waals surface area contributed by atoms with Crippen LogP contribution in [0.3, 0.4) is 0 Å². The molecule has 0 heterocycles. The molecule has 0 radical (unpaired) electrons. The number of carbonyl (C=O) groups excluding carboxylic acids is 1. The molecule has 0 spiro atoms. The van der Waals surface area contributed by atoms with E-state index >= 15 is 0 Å². The molecule has 0 aliphatic rings. The van der Waals surface area contributed by atoms with E-state index in [-0.39, 0.29) is 19.0 Å². The minimum Gasteiger partial charge on any atom is -0.481 e. The number of urea groups is 1. The fourth-order valence-electron chi connectivity index (χ4n) is 2.14. The van der Waals surface area contributed by atoms with Crippen LogP contribution in [0.4, 0.5) is 4.79 Å². The number of amides is 2. The highest BCUT2D eigenvalue weighted by Gasteiger charge is 2.02. The first kappa shape index (κ1) is 18.5. The van der Waals surface area contributed by atoms with Crippen LogP contribution < -0.4 is 10.6 Å². The molecule has 2 aromatic rings. The first-order valence-electron chi connectivity index (χ1n) is 8.06. The molecule has 0 atom stereocenters. The van der Waals surface area contributed by atoms with Crippen LogP contribution in [0.2, 0.25) is 0 Å². The summed E-state index contributed by atoms with van der Waals surface area (Å²) in [5.74, 6) is -0.939. The topological polar surface area (TPSA) is 87.7 Å². The first-order valence-corrected chi connectivity index (χ1v) is 8.06. The zero-order valence-electron chi connectivity index (χ0n) is 13.9. The number of aliphatic carboxylic acids is 1. The molecule has 0 unspecified atom stereocenters. The summed E-state index contributed by atoms with van der Waals surface area (Å²) in [7, 11) is 0. The van der Waals surface area contributed by atoms with Gasteiger partial charge in [-0.1, -0.05) is 54.6 Å². The molecule has 2 aromatic carbocycles. The molecule has 2 rings (SSSR count). The zero-order valence-corrected chi connectivity index (χ0v) is 13.9. The van der Waals surface area contributed by atoms with Gasteiger partial charge in [-0.2, -0.15) is 0 Å². The van der Waals surface area contributed by atoms with E-state index in [2.05, 4.69) is 10.6 Å². The quantitative estimate of drug-likeness (QED) is 0.654. The second-order valence-corrected chi connectivity index (χ2v) is 5.55. The number of hydrogen-bond donors (Lipinski definition) is 3. The van der Waals surface area contributed by atoms with Crippen LogP contribution in [0.1, 0.15) is 23.1 Å². The van der Waals surface area contributed by atoms with Crippen molar-refractivity contribution >= 4 is 12.0 Å². The molecule has 6 nitrogen and oxygen atoms in total. The summed E-state index contributed by atoms with van der Waals surface area (Å²) in [6.07, 6.45) is -0.0922. The fourth-order valence-corrected chi connectivity index (χ4v) is 2.14. The summed E-state index contributed by atoms with van der Waals surface area (Å²) in [6.45, 7) is 1.59. The lowest BCUT2D eigenvalue weighted by molar-refractivity contribution is -0.136. The Morgan fingerprint density at radius 3 is 2.08 bits per heavy atom. The summed E-state index contributed by atoms with van der Waals surface area (Å²) in [5, 5.41) is 13.7. The third kappa shape index (κ3) is 7.50. The van der Waals surface area contributed by atoms with E-state index < -0.39 is 5.97 Å². The maximum atomic E-state index is 11.5. The standard InChI is InChI=1S/C19H22N2O4/c22-18(23)10-11-20-19(24)21-12-15-6-8-17(9-7-15)14-25-13-16-4-2-1-3-5-16/h1-9H,10-14H2,(H,22,23)(H2,20,21,24). The SMILES string of the molecule is O=C(O)CCNC(=O)NCc1ccc(COCc2ccccc2)cc1. The third-order valence-corrected chi connectivity index (χ3v) is 3.48. The van der Waals surface area contributed by atoms with Crippen LogP contribution in [0.5, 0.6) is 0 Å². The summed E-state index contributed by atoms with van der Waals surface area (Å²) in [5.41, 5.74) is 3.16. The van der Waals surface area contributed by atoms with Gasteiger partial charge in [0.15, 0.2) is 0 Å². The Bertz CT molecular complexity index is 672. The predicted molar refractivity (Wildman–Crippen MR) is 93.9 cm³/mol.